The van der Waals surface area contributed by atoms with Gasteiger partial charge in [0.15, 0.2) is 0 Å². The number of pyridine rings is 1. The summed E-state index contributed by atoms with van der Waals surface area (Å²) in [6.45, 7) is 6.48. The third-order valence-corrected chi connectivity index (χ3v) is 3.60. The number of aromatic nitrogens is 1. The minimum atomic E-state index is 0.0656. The van der Waals surface area contributed by atoms with E-state index in [0.29, 0.717) is 5.56 Å². The van der Waals surface area contributed by atoms with Crippen LogP contribution in [0.2, 0.25) is 0 Å². The second-order valence-corrected chi connectivity index (χ2v) is 5.56. The molecule has 1 amide bonds. The monoisotopic (exact) mass is 311 g/mol. The Balaban J connectivity index is 1.96. The summed E-state index contributed by atoms with van der Waals surface area (Å²) in [6, 6.07) is 13.9. The Kier molecular flexibility index (Phi) is 6.60. The number of nitrogens with one attached hydrogen (secondary N) is 1. The van der Waals surface area contributed by atoms with Crippen LogP contribution in [0, 0.1) is 0 Å². The van der Waals surface area contributed by atoms with Crippen LogP contribution in [0.5, 0.6) is 0 Å². The van der Waals surface area contributed by atoms with Crippen molar-refractivity contribution in [3.05, 3.63) is 59.8 Å². The van der Waals surface area contributed by atoms with Crippen LogP contribution in [0.3, 0.4) is 0 Å². The number of benzene rings is 1. The van der Waals surface area contributed by atoms with Crippen molar-refractivity contribution >= 4 is 11.7 Å². The summed E-state index contributed by atoms with van der Waals surface area (Å²) in [7, 11) is 0. The molecule has 0 saturated carbocycles. The first kappa shape index (κ1) is 17.0. The maximum absolute atomic E-state index is 12.5. The second-order valence-electron chi connectivity index (χ2n) is 5.56. The number of carbonyl (C=O) groups excluding carboxylic acids is 1. The smallest absolute Gasteiger partial charge is 0.255 e. The summed E-state index contributed by atoms with van der Waals surface area (Å²) in [6.07, 6.45) is 3.60. The van der Waals surface area contributed by atoms with Crippen molar-refractivity contribution in [3.8, 4) is 0 Å². The van der Waals surface area contributed by atoms with Gasteiger partial charge in [-0.3, -0.25) is 4.79 Å². The Labute approximate surface area is 138 Å². The molecule has 1 aromatic carbocycles. The van der Waals surface area contributed by atoms with Gasteiger partial charge in [0.2, 0.25) is 0 Å². The van der Waals surface area contributed by atoms with E-state index >= 15 is 0 Å². The van der Waals surface area contributed by atoms with Crippen LogP contribution in [0.4, 0.5) is 5.82 Å². The molecule has 1 N–H and O–H groups in total. The van der Waals surface area contributed by atoms with Gasteiger partial charge < -0.3 is 10.2 Å². The molecule has 1 heterocycles. The number of carbonyl (C=O) groups is 1. The average Bonchev–Trinajstić information content (AvgIpc) is 2.60. The predicted octanol–water partition coefficient (Wildman–Crippen LogP) is 3.96. The molecule has 0 unspecified atom stereocenters. The van der Waals surface area contributed by atoms with Gasteiger partial charge in [0.25, 0.3) is 5.91 Å². The number of rotatable bonds is 8. The molecule has 0 spiro atoms. The first-order valence-electron chi connectivity index (χ1n) is 8.27. The van der Waals surface area contributed by atoms with Crippen LogP contribution < -0.4 is 5.32 Å². The first-order chi connectivity index (χ1) is 11.2. The molecule has 0 bridgehead atoms. The van der Waals surface area contributed by atoms with Crippen LogP contribution in [-0.2, 0) is 6.54 Å². The molecule has 122 valence electrons. The van der Waals surface area contributed by atoms with Crippen molar-refractivity contribution in [2.75, 3.05) is 18.4 Å². The number of hydrogen-bond donors (Lipinski definition) is 1. The number of nitrogens with zero attached hydrogens (tertiary/aromatic N) is 2. The van der Waals surface area contributed by atoms with E-state index in [0.717, 1.165) is 38.3 Å². The van der Waals surface area contributed by atoms with Crippen molar-refractivity contribution in [2.24, 2.45) is 0 Å². The fourth-order valence-electron chi connectivity index (χ4n) is 2.45. The summed E-state index contributed by atoms with van der Waals surface area (Å²) >= 11 is 0. The maximum atomic E-state index is 12.5. The highest BCUT2D eigenvalue weighted by molar-refractivity contribution is 5.94. The van der Waals surface area contributed by atoms with Gasteiger partial charge in [-0.2, -0.15) is 0 Å². The van der Waals surface area contributed by atoms with Gasteiger partial charge in [-0.15, -0.1) is 0 Å². The Morgan fingerprint density at radius 1 is 1.04 bits per heavy atom. The zero-order valence-electron chi connectivity index (χ0n) is 14.0. The van der Waals surface area contributed by atoms with Crippen molar-refractivity contribution in [3.63, 3.8) is 0 Å². The Hall–Kier alpha value is -2.36. The highest BCUT2D eigenvalue weighted by Crippen LogP contribution is 2.10. The van der Waals surface area contributed by atoms with Crippen molar-refractivity contribution in [2.45, 2.75) is 33.2 Å². The highest BCUT2D eigenvalue weighted by Gasteiger charge is 2.14. The lowest BCUT2D eigenvalue weighted by atomic mass is 10.2. The van der Waals surface area contributed by atoms with Crippen molar-refractivity contribution in [1.29, 1.82) is 0 Å². The van der Waals surface area contributed by atoms with Crippen LogP contribution in [0.1, 0.15) is 42.6 Å². The fraction of sp³-hybridized carbons (Fsp3) is 0.368. The summed E-state index contributed by atoms with van der Waals surface area (Å²) < 4.78 is 0. The quantitative estimate of drug-likeness (QED) is 0.802. The normalized spacial score (nSPS) is 10.3. The lowest BCUT2D eigenvalue weighted by Crippen LogP contribution is -2.32. The van der Waals surface area contributed by atoms with Gasteiger partial charge in [-0.05, 0) is 30.5 Å². The molecule has 4 heteroatoms. The summed E-state index contributed by atoms with van der Waals surface area (Å²) in [4.78, 5) is 18.7. The SMILES string of the molecule is CCCN(CCC)C(=O)c1ccc(NCc2ccccc2)nc1. The molecule has 2 aromatic rings. The molecule has 4 nitrogen and oxygen atoms in total. The van der Waals surface area contributed by atoms with E-state index in [1.54, 1.807) is 6.20 Å². The molecule has 23 heavy (non-hydrogen) atoms. The number of amides is 1. The Morgan fingerprint density at radius 2 is 1.74 bits per heavy atom. The predicted molar refractivity (Wildman–Crippen MR) is 94.5 cm³/mol. The molecule has 0 aliphatic rings. The molecular formula is C19H25N3O. The Morgan fingerprint density at radius 3 is 2.30 bits per heavy atom. The number of anilines is 1. The number of hydrogen-bond acceptors (Lipinski definition) is 3. The van der Waals surface area contributed by atoms with Gasteiger partial charge in [-0.25, -0.2) is 4.98 Å². The van der Waals surface area contributed by atoms with Gasteiger partial charge in [0.05, 0.1) is 5.56 Å². The van der Waals surface area contributed by atoms with Crippen LogP contribution >= 0.6 is 0 Å². The summed E-state index contributed by atoms with van der Waals surface area (Å²) in [5.74, 6) is 0.846. The molecular weight excluding hydrogens is 286 g/mol. The van der Waals surface area contributed by atoms with Gasteiger partial charge >= 0.3 is 0 Å². The first-order valence-corrected chi connectivity index (χ1v) is 8.27. The average molecular weight is 311 g/mol. The van der Waals surface area contributed by atoms with Crippen LogP contribution in [-0.4, -0.2) is 28.9 Å². The molecule has 0 aliphatic heterocycles. The summed E-state index contributed by atoms with van der Waals surface area (Å²) in [5, 5.41) is 3.27. The third-order valence-electron chi connectivity index (χ3n) is 3.60. The largest absolute Gasteiger partial charge is 0.366 e. The van der Waals surface area contributed by atoms with E-state index in [4.69, 9.17) is 0 Å². The van der Waals surface area contributed by atoms with Gasteiger partial charge in [-0.1, -0.05) is 44.2 Å². The minimum Gasteiger partial charge on any atom is -0.366 e. The molecule has 0 aliphatic carbocycles. The van der Waals surface area contributed by atoms with Crippen LogP contribution in [0.25, 0.3) is 0 Å². The van der Waals surface area contributed by atoms with Crippen molar-refractivity contribution in [1.82, 2.24) is 9.88 Å². The molecule has 0 atom stereocenters. The van der Waals surface area contributed by atoms with Crippen molar-refractivity contribution < 1.29 is 4.79 Å². The Bertz CT molecular complexity index is 590. The van der Waals surface area contributed by atoms with Gasteiger partial charge in [0, 0.05) is 25.8 Å². The third kappa shape index (κ3) is 5.09. The lowest BCUT2D eigenvalue weighted by molar-refractivity contribution is 0.0755. The molecule has 0 saturated heterocycles. The van der Waals surface area contributed by atoms with E-state index in [1.165, 1.54) is 5.56 Å². The highest BCUT2D eigenvalue weighted by atomic mass is 16.2. The van der Waals surface area contributed by atoms with Gasteiger partial charge in [0.1, 0.15) is 5.82 Å². The minimum absolute atomic E-state index is 0.0656. The van der Waals surface area contributed by atoms with E-state index in [1.807, 2.05) is 35.2 Å². The molecule has 1 aromatic heterocycles. The molecule has 0 fully saturated rings. The zero-order chi connectivity index (χ0) is 16.5. The lowest BCUT2D eigenvalue weighted by Gasteiger charge is -2.21. The van der Waals surface area contributed by atoms with E-state index in [2.05, 4.69) is 36.3 Å². The van der Waals surface area contributed by atoms with E-state index < -0.39 is 0 Å². The zero-order valence-corrected chi connectivity index (χ0v) is 14.0. The molecule has 2 rings (SSSR count). The van der Waals surface area contributed by atoms with E-state index in [9.17, 15) is 4.79 Å². The molecule has 0 radical (unpaired) electrons. The fourth-order valence-corrected chi connectivity index (χ4v) is 2.45. The maximum Gasteiger partial charge on any atom is 0.255 e. The topological polar surface area (TPSA) is 45.2 Å². The van der Waals surface area contributed by atoms with E-state index in [-0.39, 0.29) is 5.91 Å². The van der Waals surface area contributed by atoms with Crippen LogP contribution in [0.15, 0.2) is 48.7 Å². The standard InChI is InChI=1S/C19H25N3O/c1-3-12-22(13-4-2)19(23)17-10-11-18(21-15-17)20-14-16-8-6-5-7-9-16/h5-11,15H,3-4,12-14H2,1-2H3,(H,20,21). The second kappa shape index (κ2) is 8.93. The summed E-state index contributed by atoms with van der Waals surface area (Å²) in [5.41, 5.74) is 1.85.